The van der Waals surface area contributed by atoms with E-state index in [-0.39, 0.29) is 6.35 Å². The topological polar surface area (TPSA) is 49.7 Å². The minimum Gasteiger partial charge on any atom is -0.480 e. The minimum absolute atomic E-state index is 0.100. The van der Waals surface area contributed by atoms with Gasteiger partial charge in [0, 0.05) is 17.6 Å². The zero-order valence-electron chi connectivity index (χ0n) is 16.1. The molecule has 3 rings (SSSR count). The van der Waals surface area contributed by atoms with Gasteiger partial charge in [0.1, 0.15) is 5.75 Å². The molecule has 0 bridgehead atoms. The number of aryl methyl sites for hydroxylation is 1. The van der Waals surface area contributed by atoms with Crippen LogP contribution in [-0.4, -0.2) is 24.1 Å². The Morgan fingerprint density at radius 2 is 1.67 bits per heavy atom. The van der Waals surface area contributed by atoms with Crippen LogP contribution < -0.4 is 4.74 Å². The number of rotatable bonds is 9. The van der Waals surface area contributed by atoms with Crippen LogP contribution in [0.3, 0.4) is 0 Å². The summed E-state index contributed by atoms with van der Waals surface area (Å²) in [6, 6.07) is 18.3. The highest BCUT2D eigenvalue weighted by Crippen LogP contribution is 2.48. The van der Waals surface area contributed by atoms with E-state index in [9.17, 15) is 4.57 Å². The second-order valence-electron chi connectivity index (χ2n) is 6.27. The molecular weight excluding hydrogens is 361 g/mol. The van der Waals surface area contributed by atoms with Crippen LogP contribution in [0.15, 0.2) is 54.6 Å². The van der Waals surface area contributed by atoms with E-state index in [0.29, 0.717) is 19.0 Å². The number of nitrogens with zero attached hydrogens (tertiary/aromatic N) is 1. The number of benzene rings is 2. The number of ether oxygens (including phenoxy) is 1. The number of hydrogen-bond acceptors (Lipinski definition) is 4. The van der Waals surface area contributed by atoms with E-state index in [1.165, 1.54) is 5.56 Å². The van der Waals surface area contributed by atoms with Gasteiger partial charge in [-0.05, 0) is 44.5 Å². The largest absolute Gasteiger partial charge is 0.480 e. The summed E-state index contributed by atoms with van der Waals surface area (Å²) in [6.45, 7) is 7.09. The molecule has 5 nitrogen and oxygen atoms in total. The molecule has 0 N–H and O–H groups in total. The quantitative estimate of drug-likeness (QED) is 0.449. The normalized spacial score (nSPS) is 11.8. The van der Waals surface area contributed by atoms with Gasteiger partial charge in [-0.2, -0.15) is 0 Å². The lowest BCUT2D eigenvalue weighted by Crippen LogP contribution is -2.06. The molecule has 27 heavy (non-hydrogen) atoms. The lowest BCUT2D eigenvalue weighted by atomic mass is 10.2. The number of hydrogen-bond donors (Lipinski definition) is 0. The Morgan fingerprint density at radius 1 is 0.963 bits per heavy atom. The molecular formula is C21H26NO4P. The van der Waals surface area contributed by atoms with Gasteiger partial charge < -0.3 is 18.4 Å². The first-order valence-electron chi connectivity index (χ1n) is 9.20. The first kappa shape index (κ1) is 19.7. The van der Waals surface area contributed by atoms with Crippen molar-refractivity contribution < 1.29 is 18.3 Å². The summed E-state index contributed by atoms with van der Waals surface area (Å²) in [6.07, 6.45) is -0.100. The van der Waals surface area contributed by atoms with Crippen molar-refractivity contribution in [1.82, 2.24) is 4.57 Å². The maximum absolute atomic E-state index is 12.7. The van der Waals surface area contributed by atoms with Crippen LogP contribution in [0.4, 0.5) is 0 Å². The van der Waals surface area contributed by atoms with E-state index in [0.717, 1.165) is 23.1 Å². The fourth-order valence-corrected chi connectivity index (χ4v) is 4.45. The van der Waals surface area contributed by atoms with E-state index >= 15 is 0 Å². The van der Waals surface area contributed by atoms with Gasteiger partial charge in [-0.15, -0.1) is 0 Å². The standard InChI is InChI=1S/C21H26NO4P/c1-4-25-27(23,26-5-2)16-24-21-13-9-12-20-19(21)14-17(3)22(20)15-18-10-7-6-8-11-18/h6-14H,4-5,15-16H2,1-3H3. The van der Waals surface area contributed by atoms with Gasteiger partial charge in [0.2, 0.25) is 0 Å². The molecule has 0 amide bonds. The molecule has 0 radical (unpaired) electrons. The van der Waals surface area contributed by atoms with E-state index in [2.05, 4.69) is 35.8 Å². The van der Waals surface area contributed by atoms with Crippen molar-refractivity contribution in [3.8, 4) is 5.75 Å². The molecule has 2 aromatic carbocycles. The average Bonchev–Trinajstić information content (AvgIpc) is 2.97. The van der Waals surface area contributed by atoms with Crippen LogP contribution in [0.2, 0.25) is 0 Å². The monoisotopic (exact) mass is 387 g/mol. The van der Waals surface area contributed by atoms with Crippen LogP contribution in [0.25, 0.3) is 10.9 Å². The third-order valence-electron chi connectivity index (χ3n) is 4.33. The molecule has 0 aliphatic carbocycles. The molecule has 0 atom stereocenters. The molecule has 1 aromatic heterocycles. The van der Waals surface area contributed by atoms with Gasteiger partial charge in [-0.25, -0.2) is 0 Å². The Labute approximate surface area is 160 Å². The predicted octanol–water partition coefficient (Wildman–Crippen LogP) is 5.60. The SMILES string of the molecule is CCOP(=O)(COc1cccc2c1cc(C)n2Cc1ccccc1)OCC. The van der Waals surface area contributed by atoms with E-state index in [4.69, 9.17) is 13.8 Å². The molecule has 0 aliphatic heterocycles. The smallest absolute Gasteiger partial charge is 0.367 e. The Bertz CT molecular complexity index is 926. The number of aromatic nitrogens is 1. The van der Waals surface area contributed by atoms with E-state index < -0.39 is 7.60 Å². The first-order valence-corrected chi connectivity index (χ1v) is 10.9. The van der Waals surface area contributed by atoms with E-state index in [1.54, 1.807) is 13.8 Å². The summed E-state index contributed by atoms with van der Waals surface area (Å²) in [4.78, 5) is 0. The molecule has 0 saturated heterocycles. The maximum Gasteiger partial charge on any atom is 0.367 e. The van der Waals surface area contributed by atoms with Gasteiger partial charge in [0.05, 0.1) is 18.7 Å². The lowest BCUT2D eigenvalue weighted by molar-refractivity contribution is 0.197. The van der Waals surface area contributed by atoms with Gasteiger partial charge in [-0.3, -0.25) is 4.57 Å². The zero-order valence-corrected chi connectivity index (χ0v) is 16.9. The van der Waals surface area contributed by atoms with E-state index in [1.807, 2.05) is 30.3 Å². The summed E-state index contributed by atoms with van der Waals surface area (Å²) in [5.41, 5.74) is 3.46. The van der Waals surface area contributed by atoms with Crippen LogP contribution in [0.5, 0.6) is 5.75 Å². The van der Waals surface area contributed by atoms with Crippen molar-refractivity contribution in [2.75, 3.05) is 19.6 Å². The summed E-state index contributed by atoms with van der Waals surface area (Å²) in [5, 5.41) is 0.991. The van der Waals surface area contributed by atoms with Crippen molar-refractivity contribution in [3.05, 3.63) is 65.9 Å². The second kappa shape index (κ2) is 8.75. The van der Waals surface area contributed by atoms with Crippen molar-refractivity contribution in [1.29, 1.82) is 0 Å². The zero-order chi connectivity index (χ0) is 19.3. The average molecular weight is 387 g/mol. The summed E-state index contributed by atoms with van der Waals surface area (Å²) in [5.74, 6) is 0.682. The molecule has 1 heterocycles. The van der Waals surface area contributed by atoms with Crippen LogP contribution in [0.1, 0.15) is 25.1 Å². The molecule has 0 unspecified atom stereocenters. The molecule has 6 heteroatoms. The van der Waals surface area contributed by atoms with Crippen molar-refractivity contribution in [2.24, 2.45) is 0 Å². The molecule has 0 spiro atoms. The number of fused-ring (bicyclic) bond motifs is 1. The van der Waals surface area contributed by atoms with Gasteiger partial charge in [0.25, 0.3) is 0 Å². The third kappa shape index (κ3) is 4.62. The van der Waals surface area contributed by atoms with Gasteiger partial charge >= 0.3 is 7.60 Å². The highest BCUT2D eigenvalue weighted by Gasteiger charge is 2.25. The lowest BCUT2D eigenvalue weighted by Gasteiger charge is -2.17. The molecule has 0 saturated carbocycles. The molecule has 0 aliphatic rings. The molecule has 3 aromatic rings. The Kier molecular flexibility index (Phi) is 6.38. The maximum atomic E-state index is 12.7. The fourth-order valence-electron chi connectivity index (χ4n) is 3.15. The van der Waals surface area contributed by atoms with Crippen LogP contribution >= 0.6 is 7.60 Å². The van der Waals surface area contributed by atoms with Crippen molar-refractivity contribution >= 4 is 18.5 Å². The minimum atomic E-state index is -3.25. The van der Waals surface area contributed by atoms with Gasteiger partial charge in [-0.1, -0.05) is 36.4 Å². The first-order chi connectivity index (χ1) is 13.1. The molecule has 0 fully saturated rings. The fraction of sp³-hybridized carbons (Fsp3) is 0.333. The third-order valence-corrected chi connectivity index (χ3v) is 6.07. The van der Waals surface area contributed by atoms with Crippen molar-refractivity contribution in [2.45, 2.75) is 27.3 Å². The Balaban J connectivity index is 1.87. The predicted molar refractivity (Wildman–Crippen MR) is 109 cm³/mol. The van der Waals surface area contributed by atoms with Crippen molar-refractivity contribution in [3.63, 3.8) is 0 Å². The Hall–Kier alpha value is -2.07. The van der Waals surface area contributed by atoms with Crippen LogP contribution in [0, 0.1) is 6.92 Å². The van der Waals surface area contributed by atoms with Gasteiger partial charge in [0.15, 0.2) is 6.35 Å². The summed E-state index contributed by atoms with van der Waals surface area (Å²) in [7, 11) is -3.25. The summed E-state index contributed by atoms with van der Waals surface area (Å²) < 4.78 is 31.4. The molecule has 144 valence electrons. The highest BCUT2D eigenvalue weighted by molar-refractivity contribution is 7.53. The van der Waals surface area contributed by atoms with Crippen LogP contribution in [-0.2, 0) is 20.2 Å². The Morgan fingerprint density at radius 3 is 2.33 bits per heavy atom. The highest BCUT2D eigenvalue weighted by atomic mass is 31.2. The summed E-state index contributed by atoms with van der Waals surface area (Å²) >= 11 is 0. The second-order valence-corrected chi connectivity index (χ2v) is 8.26.